The molecule has 3 aliphatic heterocycles. The molecule has 11 heteroatoms. The van der Waals surface area contributed by atoms with Gasteiger partial charge in [-0.2, -0.15) is 0 Å². The van der Waals surface area contributed by atoms with E-state index in [0.717, 1.165) is 5.56 Å². The van der Waals surface area contributed by atoms with Crippen LogP contribution in [-0.2, 0) is 33.3 Å². The first-order valence-corrected chi connectivity index (χ1v) is 16.0. The maximum Gasteiger partial charge on any atom is 0.311 e. The number of aromatic hydroxyl groups is 1. The SMILES string of the molecule is COC(CCC(C)C1OC23CC(OC(=O)CC(C(C)O)OC(=O)CC(O)(O2)C(C)CC3(C)C)C1C)c1ccc(C(C)=O)c(O)c1. The van der Waals surface area contributed by atoms with Gasteiger partial charge in [0.2, 0.25) is 0 Å². The molecule has 1 aromatic carbocycles. The highest BCUT2D eigenvalue weighted by molar-refractivity contribution is 5.96. The van der Waals surface area contributed by atoms with E-state index < -0.39 is 65.7 Å². The third-order valence-corrected chi connectivity index (χ3v) is 10.2. The van der Waals surface area contributed by atoms with Crippen LogP contribution < -0.4 is 0 Å². The molecule has 10 atom stereocenters. The van der Waals surface area contributed by atoms with Crippen molar-refractivity contribution in [3.05, 3.63) is 29.3 Å². The lowest BCUT2D eigenvalue weighted by atomic mass is 9.66. The number of hydrogen-bond acceptors (Lipinski definition) is 11. The number of fused-ring (bicyclic) bond motifs is 2. The van der Waals surface area contributed by atoms with Crippen LogP contribution in [-0.4, -0.2) is 76.1 Å². The molecule has 10 unspecified atom stereocenters. The van der Waals surface area contributed by atoms with Crippen molar-refractivity contribution in [1.29, 1.82) is 0 Å². The Balaban J connectivity index is 1.65. The molecule has 1 spiro atoms. The van der Waals surface area contributed by atoms with E-state index in [1.54, 1.807) is 25.3 Å². The molecular weight excluding hydrogens is 584 g/mol. The minimum atomic E-state index is -1.91. The van der Waals surface area contributed by atoms with Crippen molar-refractivity contribution in [2.24, 2.45) is 23.2 Å². The standard InChI is InChI=1S/C34H50O11/c1-18(9-12-26(41-8)23-10-11-24(21(4)35)25(37)13-23)31-20(3)28-16-34(44-31)32(6,7)15-19(2)33(40,45-34)17-30(39)42-27(22(5)36)14-29(38)43-28/h10-11,13,18-20,22,26-28,31,36-37,40H,9,12,14-17H2,1-8H3. The molecule has 1 aromatic rings. The van der Waals surface area contributed by atoms with Crippen LogP contribution in [0.3, 0.4) is 0 Å². The summed E-state index contributed by atoms with van der Waals surface area (Å²) in [5, 5.41) is 32.4. The van der Waals surface area contributed by atoms with Crippen molar-refractivity contribution in [3.8, 4) is 5.75 Å². The van der Waals surface area contributed by atoms with Gasteiger partial charge in [0.1, 0.15) is 18.0 Å². The highest BCUT2D eigenvalue weighted by Gasteiger charge is 2.64. The summed E-state index contributed by atoms with van der Waals surface area (Å²) >= 11 is 0. The number of phenolic OH excluding ortho intramolecular Hbond substituents is 1. The van der Waals surface area contributed by atoms with Gasteiger partial charge >= 0.3 is 11.9 Å². The number of aliphatic hydroxyl groups excluding tert-OH is 1. The van der Waals surface area contributed by atoms with E-state index in [4.69, 9.17) is 23.7 Å². The molecule has 0 amide bonds. The van der Waals surface area contributed by atoms with Gasteiger partial charge in [0, 0.05) is 30.8 Å². The number of hydrogen-bond donors (Lipinski definition) is 3. The molecule has 0 saturated carbocycles. The van der Waals surface area contributed by atoms with Gasteiger partial charge in [-0.1, -0.05) is 40.7 Å². The Morgan fingerprint density at radius 1 is 1.09 bits per heavy atom. The predicted molar refractivity (Wildman–Crippen MR) is 162 cm³/mol. The molecular formula is C34H50O11. The minimum Gasteiger partial charge on any atom is -0.507 e. The zero-order valence-electron chi connectivity index (χ0n) is 27.7. The molecule has 3 saturated heterocycles. The van der Waals surface area contributed by atoms with Gasteiger partial charge in [-0.05, 0) is 56.7 Å². The van der Waals surface area contributed by atoms with Crippen molar-refractivity contribution in [3.63, 3.8) is 0 Å². The van der Waals surface area contributed by atoms with E-state index >= 15 is 0 Å². The van der Waals surface area contributed by atoms with Crippen LogP contribution in [0.4, 0.5) is 0 Å². The van der Waals surface area contributed by atoms with E-state index in [9.17, 15) is 29.7 Å². The Morgan fingerprint density at radius 2 is 1.78 bits per heavy atom. The van der Waals surface area contributed by atoms with Crippen LogP contribution in [0, 0.1) is 23.2 Å². The Kier molecular flexibility index (Phi) is 10.4. The maximum absolute atomic E-state index is 13.2. The lowest BCUT2D eigenvalue weighted by Crippen LogP contribution is -2.68. The normalized spacial score (nSPS) is 35.6. The van der Waals surface area contributed by atoms with Gasteiger partial charge in [0.25, 0.3) is 0 Å². The smallest absolute Gasteiger partial charge is 0.311 e. The molecule has 0 radical (unpaired) electrons. The molecule has 11 nitrogen and oxygen atoms in total. The first-order chi connectivity index (χ1) is 20.9. The fraction of sp³-hybridized carbons (Fsp3) is 0.735. The lowest BCUT2D eigenvalue weighted by Gasteiger charge is -2.61. The number of benzene rings is 1. The first kappa shape index (κ1) is 35.3. The number of methoxy groups -OCH3 is 1. The molecule has 4 rings (SSSR count). The molecule has 3 fully saturated rings. The number of aliphatic hydroxyl groups is 2. The number of rotatable bonds is 8. The number of Topliss-reactive ketones (excluding diaryl/α,β-unsaturated/α-hetero) is 1. The fourth-order valence-electron chi connectivity index (χ4n) is 7.29. The van der Waals surface area contributed by atoms with Crippen LogP contribution in [0.15, 0.2) is 18.2 Å². The molecule has 0 aliphatic carbocycles. The minimum absolute atomic E-state index is 0.0980. The van der Waals surface area contributed by atoms with E-state index in [0.29, 0.717) is 19.3 Å². The topological polar surface area (TPSA) is 158 Å². The summed E-state index contributed by atoms with van der Waals surface area (Å²) in [6.07, 6.45) is -2.76. The van der Waals surface area contributed by atoms with Gasteiger partial charge in [0.05, 0.1) is 36.7 Å². The number of ketones is 1. The zero-order chi connectivity index (χ0) is 33.5. The quantitative estimate of drug-likeness (QED) is 0.271. The second-order valence-electron chi connectivity index (χ2n) is 14.1. The van der Waals surface area contributed by atoms with Gasteiger partial charge < -0.3 is 39.0 Å². The molecule has 3 bridgehead atoms. The largest absolute Gasteiger partial charge is 0.507 e. The average Bonchev–Trinajstić information content (AvgIpc) is 2.92. The fourth-order valence-corrected chi connectivity index (χ4v) is 7.29. The van der Waals surface area contributed by atoms with Crippen LogP contribution in [0.5, 0.6) is 5.75 Å². The number of esters is 2. The van der Waals surface area contributed by atoms with Gasteiger partial charge in [0.15, 0.2) is 17.4 Å². The highest BCUT2D eigenvalue weighted by Crippen LogP contribution is 2.57. The summed E-state index contributed by atoms with van der Waals surface area (Å²) in [6, 6.07) is 4.92. The Morgan fingerprint density at radius 3 is 2.38 bits per heavy atom. The summed E-state index contributed by atoms with van der Waals surface area (Å²) in [5.74, 6) is -5.85. The number of ether oxygens (including phenoxy) is 5. The van der Waals surface area contributed by atoms with Gasteiger partial charge in [-0.3, -0.25) is 14.4 Å². The summed E-state index contributed by atoms with van der Waals surface area (Å²) in [5.41, 5.74) is 0.343. The summed E-state index contributed by atoms with van der Waals surface area (Å²) in [7, 11) is 1.59. The van der Waals surface area contributed by atoms with Gasteiger partial charge in [-0.15, -0.1) is 0 Å². The van der Waals surface area contributed by atoms with E-state index in [2.05, 4.69) is 0 Å². The third-order valence-electron chi connectivity index (χ3n) is 10.2. The summed E-state index contributed by atoms with van der Waals surface area (Å²) in [6.45, 7) is 12.6. The van der Waals surface area contributed by atoms with Crippen LogP contribution in [0.25, 0.3) is 0 Å². The van der Waals surface area contributed by atoms with Crippen LogP contribution in [0.2, 0.25) is 0 Å². The molecule has 252 valence electrons. The van der Waals surface area contributed by atoms with E-state index in [-0.39, 0.29) is 47.9 Å². The number of cyclic esters (lactones) is 1. The Labute approximate surface area is 265 Å². The van der Waals surface area contributed by atoms with Crippen molar-refractivity contribution in [2.75, 3.05) is 7.11 Å². The molecule has 45 heavy (non-hydrogen) atoms. The molecule has 3 N–H and O–H groups in total. The van der Waals surface area contributed by atoms with E-state index in [1.807, 2.05) is 34.6 Å². The van der Waals surface area contributed by atoms with Crippen LogP contribution in [0.1, 0.15) is 109 Å². The number of carbonyl (C=O) groups excluding carboxylic acids is 3. The van der Waals surface area contributed by atoms with E-state index in [1.165, 1.54) is 13.8 Å². The maximum atomic E-state index is 13.2. The van der Waals surface area contributed by atoms with Crippen molar-refractivity contribution < 1.29 is 53.4 Å². The third kappa shape index (κ3) is 7.22. The second-order valence-corrected chi connectivity index (χ2v) is 14.1. The predicted octanol–water partition coefficient (Wildman–Crippen LogP) is 4.59. The molecule has 3 heterocycles. The molecule has 3 aliphatic rings. The summed E-state index contributed by atoms with van der Waals surface area (Å²) < 4.78 is 30.7. The van der Waals surface area contributed by atoms with Crippen molar-refractivity contribution in [2.45, 2.75) is 129 Å². The number of carbonyl (C=O) groups is 3. The Hall–Kier alpha value is -2.57. The first-order valence-electron chi connectivity index (χ1n) is 16.0. The van der Waals surface area contributed by atoms with Crippen molar-refractivity contribution in [1.82, 2.24) is 0 Å². The number of phenols is 1. The monoisotopic (exact) mass is 634 g/mol. The van der Waals surface area contributed by atoms with Crippen LogP contribution >= 0.6 is 0 Å². The average molecular weight is 635 g/mol. The molecule has 0 aromatic heterocycles. The lowest BCUT2D eigenvalue weighted by molar-refractivity contribution is -0.452. The van der Waals surface area contributed by atoms with Crippen molar-refractivity contribution >= 4 is 17.7 Å². The van der Waals surface area contributed by atoms with Gasteiger partial charge in [-0.25, -0.2) is 0 Å². The zero-order valence-corrected chi connectivity index (χ0v) is 27.7. The summed E-state index contributed by atoms with van der Waals surface area (Å²) in [4.78, 5) is 38.0. The second kappa shape index (κ2) is 13.3. The Bertz CT molecular complexity index is 1260. The highest BCUT2D eigenvalue weighted by atomic mass is 16.8.